The Hall–Kier alpha value is -0.760. The lowest BCUT2D eigenvalue weighted by Crippen LogP contribution is -2.44. The van der Waals surface area contributed by atoms with Gasteiger partial charge in [0.1, 0.15) is 0 Å². The molecule has 0 aromatic carbocycles. The van der Waals surface area contributed by atoms with Crippen molar-refractivity contribution in [3.8, 4) is 0 Å². The zero-order valence-electron chi connectivity index (χ0n) is 12.5. The highest BCUT2D eigenvalue weighted by Crippen LogP contribution is 2.19. The summed E-state index contributed by atoms with van der Waals surface area (Å²) in [6.45, 7) is 9.82. The maximum atomic E-state index is 4.73. The average Bonchev–Trinajstić information content (AvgIpc) is 2.91. The zero-order chi connectivity index (χ0) is 13.9. The van der Waals surface area contributed by atoms with Crippen molar-refractivity contribution >= 4 is 16.7 Å². The van der Waals surface area contributed by atoms with E-state index >= 15 is 0 Å². The molecular weight excluding hydrogens is 272 g/mol. The van der Waals surface area contributed by atoms with Crippen molar-refractivity contribution < 1.29 is 0 Å². The van der Waals surface area contributed by atoms with Gasteiger partial charge in [-0.15, -0.1) is 0 Å². The van der Waals surface area contributed by atoms with Crippen molar-refractivity contribution in [2.45, 2.75) is 6.54 Å². The van der Waals surface area contributed by atoms with E-state index in [0.717, 1.165) is 69.9 Å². The minimum absolute atomic E-state index is 0.901. The summed E-state index contributed by atoms with van der Waals surface area (Å²) < 4.78 is 4.54. The van der Waals surface area contributed by atoms with Gasteiger partial charge in [-0.3, -0.25) is 4.90 Å². The highest BCUT2D eigenvalue weighted by atomic mass is 32.1. The predicted molar refractivity (Wildman–Crippen MR) is 82.4 cm³/mol. The van der Waals surface area contributed by atoms with E-state index < -0.39 is 0 Å². The van der Waals surface area contributed by atoms with Crippen LogP contribution in [-0.2, 0) is 6.54 Å². The molecule has 0 saturated carbocycles. The average molecular weight is 296 g/mol. The molecule has 112 valence electrons. The molecular formula is C13H24N6S. The summed E-state index contributed by atoms with van der Waals surface area (Å²) in [7, 11) is 4.36. The Morgan fingerprint density at radius 3 is 2.15 bits per heavy atom. The Morgan fingerprint density at radius 1 is 0.900 bits per heavy atom. The molecule has 0 N–H and O–H groups in total. The first kappa shape index (κ1) is 14.2. The molecule has 2 aliphatic heterocycles. The van der Waals surface area contributed by atoms with Gasteiger partial charge in [-0.25, -0.2) is 4.98 Å². The fourth-order valence-corrected chi connectivity index (χ4v) is 3.37. The Morgan fingerprint density at radius 2 is 1.50 bits per heavy atom. The van der Waals surface area contributed by atoms with E-state index in [1.807, 2.05) is 0 Å². The topological polar surface area (TPSA) is 38.7 Å². The summed E-state index contributed by atoms with van der Waals surface area (Å²) in [4.78, 5) is 14.3. The van der Waals surface area contributed by atoms with E-state index in [9.17, 15) is 0 Å². The van der Waals surface area contributed by atoms with Gasteiger partial charge in [0, 0.05) is 63.9 Å². The van der Waals surface area contributed by atoms with E-state index in [1.165, 1.54) is 0 Å². The second-order valence-electron chi connectivity index (χ2n) is 5.86. The van der Waals surface area contributed by atoms with Gasteiger partial charge in [-0.1, -0.05) is 0 Å². The molecule has 3 heterocycles. The number of rotatable bonds is 3. The summed E-state index contributed by atoms with van der Waals surface area (Å²) in [5, 5.41) is 1.10. The molecule has 0 aliphatic carbocycles. The molecule has 0 bridgehead atoms. The van der Waals surface area contributed by atoms with Crippen LogP contribution < -0.4 is 4.90 Å². The molecule has 3 rings (SSSR count). The molecule has 1 aromatic rings. The summed E-state index contributed by atoms with van der Waals surface area (Å²) in [5.41, 5.74) is 0. The van der Waals surface area contributed by atoms with Crippen molar-refractivity contribution in [3.05, 3.63) is 5.82 Å². The smallest absolute Gasteiger partial charge is 0.205 e. The first-order valence-electron chi connectivity index (χ1n) is 7.38. The number of aromatic nitrogens is 2. The van der Waals surface area contributed by atoms with Gasteiger partial charge < -0.3 is 14.7 Å². The van der Waals surface area contributed by atoms with Crippen molar-refractivity contribution in [3.63, 3.8) is 0 Å². The van der Waals surface area contributed by atoms with Crippen LogP contribution in [-0.4, -0.2) is 90.5 Å². The fourth-order valence-electron chi connectivity index (χ4n) is 2.64. The van der Waals surface area contributed by atoms with Crippen LogP contribution in [0.25, 0.3) is 0 Å². The molecule has 2 aliphatic rings. The Bertz CT molecular complexity index is 420. The molecule has 2 fully saturated rings. The van der Waals surface area contributed by atoms with Gasteiger partial charge in [0.2, 0.25) is 5.13 Å². The highest BCUT2D eigenvalue weighted by molar-refractivity contribution is 7.09. The third kappa shape index (κ3) is 3.46. The van der Waals surface area contributed by atoms with Gasteiger partial charge in [0.15, 0.2) is 5.82 Å². The van der Waals surface area contributed by atoms with Gasteiger partial charge in [-0.05, 0) is 14.1 Å². The standard InChI is InChI=1S/C13H24N6S/c1-16-3-7-18(8-4-16)11-12-14-13(20-15-12)19-9-5-17(2)6-10-19/h3-11H2,1-2H3. The quantitative estimate of drug-likeness (QED) is 0.784. The van der Waals surface area contributed by atoms with Crippen molar-refractivity contribution in [1.82, 2.24) is 24.1 Å². The monoisotopic (exact) mass is 296 g/mol. The lowest BCUT2D eigenvalue weighted by atomic mass is 10.3. The molecule has 0 unspecified atom stereocenters. The molecule has 6 nitrogen and oxygen atoms in total. The minimum Gasteiger partial charge on any atom is -0.344 e. The van der Waals surface area contributed by atoms with Gasteiger partial charge in [0.05, 0.1) is 6.54 Å². The highest BCUT2D eigenvalue weighted by Gasteiger charge is 2.20. The third-order valence-electron chi connectivity index (χ3n) is 4.19. The van der Waals surface area contributed by atoms with Gasteiger partial charge in [0.25, 0.3) is 0 Å². The second-order valence-corrected chi connectivity index (χ2v) is 6.59. The van der Waals surface area contributed by atoms with Crippen LogP contribution in [0, 0.1) is 0 Å². The van der Waals surface area contributed by atoms with E-state index in [0.29, 0.717) is 0 Å². The zero-order valence-corrected chi connectivity index (χ0v) is 13.3. The van der Waals surface area contributed by atoms with Crippen molar-refractivity contribution in [2.24, 2.45) is 0 Å². The van der Waals surface area contributed by atoms with Crippen molar-refractivity contribution in [2.75, 3.05) is 71.4 Å². The Labute approximate surface area is 125 Å². The number of nitrogens with zero attached hydrogens (tertiary/aromatic N) is 6. The lowest BCUT2D eigenvalue weighted by Gasteiger charge is -2.32. The SMILES string of the molecule is CN1CCN(Cc2nsc(N3CCN(C)CC3)n2)CC1. The maximum Gasteiger partial charge on any atom is 0.205 e. The molecule has 20 heavy (non-hydrogen) atoms. The van der Waals surface area contributed by atoms with Gasteiger partial charge >= 0.3 is 0 Å². The Balaban J connectivity index is 1.54. The number of likely N-dealkylation sites (N-methyl/N-ethyl adjacent to an activating group) is 2. The minimum atomic E-state index is 0.901. The van der Waals surface area contributed by atoms with E-state index in [1.54, 1.807) is 11.5 Å². The number of piperazine rings is 2. The first-order chi connectivity index (χ1) is 9.70. The van der Waals surface area contributed by atoms with Crippen LogP contribution in [0.2, 0.25) is 0 Å². The second kappa shape index (κ2) is 6.34. The van der Waals surface area contributed by atoms with Crippen LogP contribution in [0.15, 0.2) is 0 Å². The largest absolute Gasteiger partial charge is 0.344 e. The third-order valence-corrected chi connectivity index (χ3v) is 5.01. The number of hydrogen-bond donors (Lipinski definition) is 0. The number of hydrogen-bond acceptors (Lipinski definition) is 7. The first-order valence-corrected chi connectivity index (χ1v) is 8.15. The summed E-state index contributed by atoms with van der Waals surface area (Å²) in [6.07, 6.45) is 0. The van der Waals surface area contributed by atoms with E-state index in [-0.39, 0.29) is 0 Å². The molecule has 0 amide bonds. The summed E-state index contributed by atoms with van der Waals surface area (Å²) in [5.74, 6) is 0.994. The van der Waals surface area contributed by atoms with Crippen LogP contribution in [0.1, 0.15) is 5.82 Å². The summed E-state index contributed by atoms with van der Waals surface area (Å²) >= 11 is 1.56. The van der Waals surface area contributed by atoms with Gasteiger partial charge in [-0.2, -0.15) is 4.37 Å². The maximum absolute atomic E-state index is 4.73. The lowest BCUT2D eigenvalue weighted by molar-refractivity contribution is 0.146. The Kier molecular flexibility index (Phi) is 4.50. The molecule has 0 atom stereocenters. The molecule has 2 saturated heterocycles. The molecule has 7 heteroatoms. The molecule has 0 spiro atoms. The van der Waals surface area contributed by atoms with Crippen LogP contribution in [0.5, 0.6) is 0 Å². The fraction of sp³-hybridized carbons (Fsp3) is 0.846. The number of anilines is 1. The van der Waals surface area contributed by atoms with Crippen molar-refractivity contribution in [1.29, 1.82) is 0 Å². The van der Waals surface area contributed by atoms with Crippen LogP contribution in [0.4, 0.5) is 5.13 Å². The van der Waals surface area contributed by atoms with E-state index in [2.05, 4.69) is 38.1 Å². The van der Waals surface area contributed by atoms with E-state index in [4.69, 9.17) is 4.98 Å². The normalized spacial score (nSPS) is 23.4. The molecule has 0 radical (unpaired) electrons. The summed E-state index contributed by atoms with van der Waals surface area (Å²) in [6, 6.07) is 0. The molecule has 1 aromatic heterocycles. The predicted octanol–water partition coefficient (Wildman–Crippen LogP) is 0.0373. The van der Waals surface area contributed by atoms with Crippen LogP contribution >= 0.6 is 11.5 Å². The van der Waals surface area contributed by atoms with Crippen LogP contribution in [0.3, 0.4) is 0 Å².